The summed E-state index contributed by atoms with van der Waals surface area (Å²) in [5.41, 5.74) is 1.52. The van der Waals surface area contributed by atoms with E-state index in [0.29, 0.717) is 30.1 Å². The first-order chi connectivity index (χ1) is 15.5. The van der Waals surface area contributed by atoms with E-state index in [4.69, 9.17) is 24.8 Å². The average molecular weight is 510 g/mol. The highest BCUT2D eigenvalue weighted by molar-refractivity contribution is 7.69. The lowest BCUT2D eigenvalue weighted by Gasteiger charge is -2.28. The third kappa shape index (κ3) is 8.65. The quantitative estimate of drug-likeness (QED) is 0.421. The molecule has 13 heteroatoms. The maximum Gasteiger partial charge on any atom is 0.406 e. The zero-order chi connectivity index (χ0) is 24.6. The number of nitrogens with zero attached hydrogens (tertiary/aromatic N) is 1. The van der Waals surface area contributed by atoms with Crippen molar-refractivity contribution in [1.29, 1.82) is 0 Å². The van der Waals surface area contributed by atoms with Crippen LogP contribution in [0.2, 0.25) is 5.02 Å². The molecule has 7 nitrogen and oxygen atoms in total. The number of hydrogen-bond acceptors (Lipinski definition) is 4. The fraction of sp³-hybridized carbons (Fsp3) is 0.250. The van der Waals surface area contributed by atoms with Crippen LogP contribution in [-0.2, 0) is 15.6 Å². The van der Waals surface area contributed by atoms with Crippen molar-refractivity contribution in [1.82, 2.24) is 0 Å². The molecule has 1 heterocycles. The first-order valence-electron chi connectivity index (χ1n) is 9.33. The van der Waals surface area contributed by atoms with Crippen molar-refractivity contribution in [3.05, 3.63) is 64.9 Å². The smallest absolute Gasteiger partial charge is 0.377 e. The van der Waals surface area contributed by atoms with Crippen LogP contribution in [0.25, 0.3) is 5.57 Å². The number of urea groups is 1. The summed E-state index contributed by atoms with van der Waals surface area (Å²) in [6.45, 7) is -0.697. The Morgan fingerprint density at radius 3 is 2.45 bits per heavy atom. The van der Waals surface area contributed by atoms with Crippen molar-refractivity contribution in [3.8, 4) is 0 Å². The van der Waals surface area contributed by atoms with E-state index in [-0.39, 0.29) is 16.4 Å². The van der Waals surface area contributed by atoms with Crippen LogP contribution in [0.4, 0.5) is 33.7 Å². The number of alkyl halides is 3. The molecule has 0 bridgehead atoms. The number of carbonyl (C=O) groups excluding carboxylic acids is 1. The van der Waals surface area contributed by atoms with Gasteiger partial charge in [-0.05, 0) is 36.3 Å². The van der Waals surface area contributed by atoms with E-state index < -0.39 is 35.5 Å². The number of benzene rings is 2. The van der Waals surface area contributed by atoms with E-state index in [9.17, 15) is 22.4 Å². The molecule has 1 aliphatic heterocycles. The molecule has 1 aliphatic rings. The van der Waals surface area contributed by atoms with Gasteiger partial charge in [-0.2, -0.15) is 13.2 Å². The minimum atomic E-state index is -4.63. The minimum Gasteiger partial charge on any atom is -0.377 e. The number of ether oxygens (including phenoxy) is 1. The molecular weight excluding hydrogens is 490 g/mol. The number of carbonyl (C=O) groups is 1. The number of para-hydroxylation sites is 1. The van der Waals surface area contributed by atoms with Crippen molar-refractivity contribution in [3.63, 3.8) is 0 Å². The summed E-state index contributed by atoms with van der Waals surface area (Å²) in [7, 11) is -2.62. The van der Waals surface area contributed by atoms with Gasteiger partial charge in [0.05, 0.1) is 23.9 Å². The predicted octanol–water partition coefficient (Wildman–Crippen LogP) is 4.36. The van der Waals surface area contributed by atoms with Gasteiger partial charge in [0.1, 0.15) is 12.4 Å². The second-order valence-corrected chi connectivity index (χ2v) is 7.60. The molecule has 0 spiro atoms. The summed E-state index contributed by atoms with van der Waals surface area (Å²) in [5.74, 6) is -0.700. The number of rotatable bonds is 4. The van der Waals surface area contributed by atoms with Gasteiger partial charge in [0.2, 0.25) is 0 Å². The Balaban J connectivity index is 0.000000890. The molecule has 3 rings (SSSR count). The molecule has 0 atom stereocenters. The largest absolute Gasteiger partial charge is 0.406 e. The van der Waals surface area contributed by atoms with Crippen LogP contribution in [0.3, 0.4) is 0 Å². The van der Waals surface area contributed by atoms with E-state index in [1.165, 1.54) is 12.1 Å². The lowest BCUT2D eigenvalue weighted by atomic mass is 9.99. The van der Waals surface area contributed by atoms with Crippen LogP contribution in [0, 0.1) is 5.82 Å². The summed E-state index contributed by atoms with van der Waals surface area (Å²) in [6.07, 6.45) is -2.33. The fourth-order valence-corrected chi connectivity index (χ4v) is 3.14. The molecule has 0 radical (unpaired) electrons. The van der Waals surface area contributed by atoms with Gasteiger partial charge in [-0.15, -0.1) is 0 Å². The van der Waals surface area contributed by atoms with E-state index in [1.54, 1.807) is 24.3 Å². The van der Waals surface area contributed by atoms with Gasteiger partial charge in [-0.25, -0.2) is 22.7 Å². The number of nitrogens with one attached hydrogen (secondary N) is 1. The third-order valence-corrected chi connectivity index (χ3v) is 4.55. The molecule has 2 amide bonds. The molecule has 0 aliphatic carbocycles. The van der Waals surface area contributed by atoms with Crippen LogP contribution in [-0.4, -0.2) is 40.4 Å². The molecule has 2 aromatic rings. The Labute approximate surface area is 193 Å². The predicted molar refractivity (Wildman–Crippen MR) is 118 cm³/mol. The molecule has 0 saturated heterocycles. The molecule has 2 aromatic carbocycles. The second-order valence-electron chi connectivity index (χ2n) is 6.62. The number of thiol groups is 1. The van der Waals surface area contributed by atoms with Gasteiger partial charge in [0.15, 0.2) is 10.9 Å². The topological polar surface area (TPSA) is 102 Å². The number of amides is 2. The van der Waals surface area contributed by atoms with Crippen LogP contribution in [0.1, 0.15) is 12.0 Å². The van der Waals surface area contributed by atoms with Gasteiger partial charge >= 0.3 is 12.2 Å². The Morgan fingerprint density at radius 2 is 1.88 bits per heavy atom. The van der Waals surface area contributed by atoms with E-state index in [0.717, 1.165) is 17.7 Å². The van der Waals surface area contributed by atoms with Gasteiger partial charge in [0.25, 0.3) is 0 Å². The molecule has 33 heavy (non-hydrogen) atoms. The Morgan fingerprint density at radius 1 is 1.21 bits per heavy atom. The lowest BCUT2D eigenvalue weighted by molar-refractivity contribution is -0.118. The van der Waals surface area contributed by atoms with Crippen molar-refractivity contribution in [2.75, 3.05) is 30.0 Å². The highest BCUT2D eigenvalue weighted by Crippen LogP contribution is 2.33. The maximum absolute atomic E-state index is 13.3. The molecule has 0 fully saturated rings. The molecule has 3 N–H and O–H groups in total. The second kappa shape index (κ2) is 12.0. The zero-order valence-corrected chi connectivity index (χ0v) is 18.6. The normalized spacial score (nSPS) is 13.6. The van der Waals surface area contributed by atoms with Gasteiger partial charge in [-0.1, -0.05) is 35.9 Å². The zero-order valence-electron chi connectivity index (χ0n) is 16.9. The summed E-state index contributed by atoms with van der Waals surface area (Å²) in [5, 5.41) is 6.17. The summed E-state index contributed by atoms with van der Waals surface area (Å²) in [6, 6.07) is 8.73. The van der Waals surface area contributed by atoms with Gasteiger partial charge in [-0.3, -0.25) is 4.90 Å². The lowest BCUT2D eigenvalue weighted by Crippen LogP contribution is -2.42. The maximum atomic E-state index is 13.3. The summed E-state index contributed by atoms with van der Waals surface area (Å²) < 4.78 is 76.0. The van der Waals surface area contributed by atoms with Gasteiger partial charge in [0, 0.05) is 11.3 Å². The fourth-order valence-electron chi connectivity index (χ4n) is 2.96. The van der Waals surface area contributed by atoms with Gasteiger partial charge < -0.3 is 10.1 Å². The number of anilines is 2. The van der Waals surface area contributed by atoms with Crippen molar-refractivity contribution in [2.45, 2.75) is 12.6 Å². The number of hydrogen-bond donors (Lipinski definition) is 3. The molecule has 0 saturated carbocycles. The molecule has 180 valence electrons. The number of halogens is 5. The van der Waals surface area contributed by atoms with E-state index in [1.807, 2.05) is 0 Å². The van der Waals surface area contributed by atoms with Crippen molar-refractivity contribution < 1.29 is 35.5 Å². The third-order valence-electron chi connectivity index (χ3n) is 4.26. The standard InChI is InChI=1S/C20H17ClF4N2O2.H3NO2S/c21-16-11-14(5-6-17(16)22)26-19(28)27(12-20(23,24)25)18-4-2-1-3-15(18)13-7-9-29-10-8-13;1-4(2)3/h1-7,11H,8-10,12H2,(H,26,28);4H,(H2,1,2,3). The monoisotopic (exact) mass is 509 g/mol. The number of nitrogens with two attached hydrogens (primary N) is 1. The molecule has 0 unspecified atom stereocenters. The minimum absolute atomic E-state index is 0.0799. The SMILES string of the molecule is N[SH](=O)=O.O=C(Nc1ccc(F)c(Cl)c1)N(CC(F)(F)F)c1ccccc1C1=CCOCC1. The summed E-state index contributed by atoms with van der Waals surface area (Å²) in [4.78, 5) is 13.4. The van der Waals surface area contributed by atoms with Crippen molar-refractivity contribution >= 4 is 45.5 Å². The molecular formula is C20H20ClF4N3O4S. The highest BCUT2D eigenvalue weighted by Gasteiger charge is 2.35. The van der Waals surface area contributed by atoms with Crippen LogP contribution < -0.4 is 15.4 Å². The van der Waals surface area contributed by atoms with Crippen LogP contribution in [0.5, 0.6) is 0 Å². The highest BCUT2D eigenvalue weighted by atomic mass is 35.5. The first-order valence-corrected chi connectivity index (χ1v) is 11.0. The van der Waals surface area contributed by atoms with Crippen molar-refractivity contribution in [2.24, 2.45) is 5.14 Å². The Bertz CT molecular complexity index is 1090. The Hall–Kier alpha value is -2.67. The Kier molecular flexibility index (Phi) is 9.65. The summed E-state index contributed by atoms with van der Waals surface area (Å²) >= 11 is 5.69. The van der Waals surface area contributed by atoms with Crippen LogP contribution in [0.15, 0.2) is 48.5 Å². The van der Waals surface area contributed by atoms with Crippen LogP contribution >= 0.6 is 11.6 Å². The van der Waals surface area contributed by atoms with E-state index >= 15 is 0 Å². The average Bonchev–Trinajstić information content (AvgIpc) is 2.74. The molecule has 0 aromatic heterocycles. The first kappa shape index (κ1) is 26.6. The van der Waals surface area contributed by atoms with E-state index in [2.05, 4.69) is 10.5 Å².